The van der Waals surface area contributed by atoms with Crippen molar-refractivity contribution in [2.45, 2.75) is 80.0 Å². The lowest BCUT2D eigenvalue weighted by atomic mass is 9.73. The van der Waals surface area contributed by atoms with Crippen molar-refractivity contribution < 1.29 is 19.5 Å². The van der Waals surface area contributed by atoms with Crippen LogP contribution in [-0.4, -0.2) is 51.3 Å². The Morgan fingerprint density at radius 2 is 1.78 bits per heavy atom. The predicted octanol–water partition coefficient (Wildman–Crippen LogP) is 4.36. The van der Waals surface area contributed by atoms with Crippen molar-refractivity contribution >= 4 is 28.9 Å². The molecule has 7 nitrogen and oxygen atoms in total. The number of rotatable bonds is 7. The van der Waals surface area contributed by atoms with Crippen molar-refractivity contribution in [2.75, 3.05) is 6.54 Å². The van der Waals surface area contributed by atoms with Gasteiger partial charge >= 0.3 is 0 Å². The summed E-state index contributed by atoms with van der Waals surface area (Å²) in [5.41, 5.74) is 3.81. The number of aliphatic hydroxyl groups excluding tert-OH is 1. The number of ketones is 1. The van der Waals surface area contributed by atoms with Crippen LogP contribution < -0.4 is 5.32 Å². The molecule has 0 bridgehead atoms. The van der Waals surface area contributed by atoms with E-state index in [9.17, 15) is 19.5 Å². The van der Waals surface area contributed by atoms with E-state index in [1.54, 1.807) is 11.3 Å². The van der Waals surface area contributed by atoms with Crippen molar-refractivity contribution in [1.82, 2.24) is 15.2 Å². The molecule has 196 valence electrons. The smallest absolute Gasteiger partial charge is 0.243 e. The lowest BCUT2D eigenvalue weighted by molar-refractivity contribution is -0.147. The van der Waals surface area contributed by atoms with Gasteiger partial charge in [-0.25, -0.2) is 4.98 Å². The standard InChI is InChI=1S/C28H39N3O4S/c1-17-24(36-16-30-17)19-10-8-18(9-11-19)14-29-25(34)22-12-20(32)15-31(22)26(35)21(27(2,3)4)13-23(33)28(5,6)7/h8-11,16,20-22,32H,12-15H2,1-7H3,(H,29,34)/t20-,21-,22+/m1/s1. The quantitative estimate of drug-likeness (QED) is 0.573. The molecule has 2 amide bonds. The molecular formula is C28H39N3O4S. The van der Waals surface area contributed by atoms with E-state index in [4.69, 9.17) is 0 Å². The molecular weight excluding hydrogens is 474 g/mol. The van der Waals surface area contributed by atoms with Gasteiger partial charge in [-0.3, -0.25) is 14.4 Å². The van der Waals surface area contributed by atoms with Gasteiger partial charge in [-0.15, -0.1) is 11.3 Å². The van der Waals surface area contributed by atoms with Crippen molar-refractivity contribution in [3.05, 3.63) is 41.0 Å². The second-order valence-corrected chi connectivity index (χ2v) is 12.7. The molecule has 0 aliphatic carbocycles. The summed E-state index contributed by atoms with van der Waals surface area (Å²) >= 11 is 1.59. The minimum Gasteiger partial charge on any atom is -0.391 e. The van der Waals surface area contributed by atoms with Crippen LogP contribution in [0.25, 0.3) is 10.4 Å². The fourth-order valence-electron chi connectivity index (χ4n) is 4.42. The number of thiazole rings is 1. The van der Waals surface area contributed by atoms with Crippen molar-refractivity contribution in [2.24, 2.45) is 16.7 Å². The highest BCUT2D eigenvalue weighted by molar-refractivity contribution is 7.13. The molecule has 2 heterocycles. The van der Waals surface area contributed by atoms with Crippen LogP contribution >= 0.6 is 11.3 Å². The van der Waals surface area contributed by atoms with Crippen molar-refractivity contribution in [3.63, 3.8) is 0 Å². The van der Waals surface area contributed by atoms with Gasteiger partial charge < -0.3 is 15.3 Å². The lowest BCUT2D eigenvalue weighted by Gasteiger charge is -2.35. The highest BCUT2D eigenvalue weighted by Crippen LogP contribution is 2.35. The number of Topliss-reactive ketones (excluding diaryl/α,β-unsaturated/α-hetero) is 1. The van der Waals surface area contributed by atoms with Gasteiger partial charge in [0.05, 0.1) is 22.2 Å². The number of likely N-dealkylation sites (tertiary alicyclic amines) is 1. The number of aliphatic hydroxyl groups is 1. The van der Waals surface area contributed by atoms with E-state index in [1.807, 2.05) is 78.2 Å². The Bertz CT molecular complexity index is 1100. The van der Waals surface area contributed by atoms with Crippen LogP contribution in [0, 0.1) is 23.7 Å². The van der Waals surface area contributed by atoms with Crippen LogP contribution in [0.15, 0.2) is 29.8 Å². The molecule has 2 N–H and O–H groups in total. The van der Waals surface area contributed by atoms with Crippen molar-refractivity contribution in [3.8, 4) is 10.4 Å². The predicted molar refractivity (Wildman–Crippen MR) is 142 cm³/mol. The van der Waals surface area contributed by atoms with Crippen LogP contribution in [0.4, 0.5) is 0 Å². The highest BCUT2D eigenvalue weighted by Gasteiger charge is 2.45. The molecule has 1 aliphatic rings. The monoisotopic (exact) mass is 513 g/mol. The number of β-amino-alcohol motifs (C(OH)–C–C–N with tert-alkyl or cyclic N) is 1. The number of hydrogen-bond donors (Lipinski definition) is 2. The summed E-state index contributed by atoms with van der Waals surface area (Å²) in [6, 6.07) is 7.19. The molecule has 1 saturated heterocycles. The minimum absolute atomic E-state index is 0.00786. The fraction of sp³-hybridized carbons (Fsp3) is 0.571. The van der Waals surface area contributed by atoms with E-state index >= 15 is 0 Å². The third-order valence-electron chi connectivity index (χ3n) is 6.86. The number of aromatic nitrogens is 1. The summed E-state index contributed by atoms with van der Waals surface area (Å²) < 4.78 is 0. The number of carbonyl (C=O) groups excluding carboxylic acids is 3. The van der Waals surface area contributed by atoms with Crippen LogP contribution in [0.2, 0.25) is 0 Å². The number of nitrogens with one attached hydrogen (secondary N) is 1. The molecule has 1 aliphatic heterocycles. The molecule has 1 aromatic heterocycles. The van der Waals surface area contributed by atoms with Crippen LogP contribution in [0.3, 0.4) is 0 Å². The summed E-state index contributed by atoms with van der Waals surface area (Å²) in [5.74, 6) is -1.11. The Morgan fingerprint density at radius 1 is 1.14 bits per heavy atom. The first-order valence-corrected chi connectivity index (χ1v) is 13.4. The number of nitrogens with zero attached hydrogens (tertiary/aromatic N) is 2. The number of aryl methyl sites for hydroxylation is 1. The molecule has 1 fully saturated rings. The number of amides is 2. The summed E-state index contributed by atoms with van der Waals surface area (Å²) in [6.07, 6.45) is -0.477. The van der Waals surface area contributed by atoms with Crippen LogP contribution in [-0.2, 0) is 20.9 Å². The zero-order valence-electron chi connectivity index (χ0n) is 22.4. The van der Waals surface area contributed by atoms with E-state index in [1.165, 1.54) is 4.90 Å². The average Bonchev–Trinajstić information content (AvgIpc) is 3.39. The molecule has 0 unspecified atom stereocenters. The van der Waals surface area contributed by atoms with Gasteiger partial charge in [-0.1, -0.05) is 65.8 Å². The lowest BCUT2D eigenvalue weighted by Crippen LogP contribution is -2.50. The SMILES string of the molecule is Cc1ncsc1-c1ccc(CNC(=O)[C@@H]2C[C@@H](O)CN2C(=O)[C@@H](CC(=O)C(C)(C)C)C(C)(C)C)cc1. The Labute approximate surface area is 218 Å². The van der Waals surface area contributed by atoms with E-state index < -0.39 is 28.9 Å². The number of carbonyl (C=O) groups is 3. The van der Waals surface area contributed by atoms with Gasteiger partial charge in [0, 0.05) is 37.3 Å². The maximum absolute atomic E-state index is 13.6. The van der Waals surface area contributed by atoms with Gasteiger partial charge in [0.1, 0.15) is 11.8 Å². The summed E-state index contributed by atoms with van der Waals surface area (Å²) in [5, 5.41) is 13.3. The number of hydrogen-bond acceptors (Lipinski definition) is 6. The van der Waals surface area contributed by atoms with E-state index in [0.29, 0.717) is 6.54 Å². The first-order chi connectivity index (χ1) is 16.7. The third-order valence-corrected chi connectivity index (χ3v) is 7.84. The zero-order chi connectivity index (χ0) is 26.8. The van der Waals surface area contributed by atoms with Gasteiger partial charge in [-0.2, -0.15) is 0 Å². The molecule has 8 heteroatoms. The molecule has 36 heavy (non-hydrogen) atoms. The molecule has 1 aromatic carbocycles. The zero-order valence-corrected chi connectivity index (χ0v) is 23.2. The maximum Gasteiger partial charge on any atom is 0.243 e. The molecule has 3 rings (SSSR count). The van der Waals surface area contributed by atoms with Crippen LogP contribution in [0.5, 0.6) is 0 Å². The van der Waals surface area contributed by atoms with Gasteiger partial charge in [0.15, 0.2) is 0 Å². The third kappa shape index (κ3) is 6.59. The fourth-order valence-corrected chi connectivity index (χ4v) is 5.23. The summed E-state index contributed by atoms with van der Waals surface area (Å²) in [7, 11) is 0. The summed E-state index contributed by atoms with van der Waals surface area (Å²) in [6.45, 7) is 13.7. The Hall–Kier alpha value is -2.58. The topological polar surface area (TPSA) is 99.6 Å². The molecule has 2 aromatic rings. The normalized spacial score (nSPS) is 19.3. The van der Waals surface area contributed by atoms with E-state index in [2.05, 4.69) is 10.3 Å². The number of benzene rings is 1. The highest BCUT2D eigenvalue weighted by atomic mass is 32.1. The second-order valence-electron chi connectivity index (χ2n) is 11.9. The molecule has 0 spiro atoms. The summed E-state index contributed by atoms with van der Waals surface area (Å²) in [4.78, 5) is 46.5. The van der Waals surface area contributed by atoms with E-state index in [-0.39, 0.29) is 37.0 Å². The van der Waals surface area contributed by atoms with E-state index in [0.717, 1.165) is 21.7 Å². The second kappa shape index (κ2) is 10.8. The van der Waals surface area contributed by atoms with Crippen LogP contribution in [0.1, 0.15) is 65.6 Å². The first kappa shape index (κ1) is 28.0. The van der Waals surface area contributed by atoms with Gasteiger partial charge in [0.2, 0.25) is 11.8 Å². The van der Waals surface area contributed by atoms with Crippen molar-refractivity contribution in [1.29, 1.82) is 0 Å². The molecule has 0 radical (unpaired) electrons. The first-order valence-electron chi connectivity index (χ1n) is 12.5. The molecule has 0 saturated carbocycles. The Morgan fingerprint density at radius 3 is 2.31 bits per heavy atom. The average molecular weight is 514 g/mol. The largest absolute Gasteiger partial charge is 0.391 e. The van der Waals surface area contributed by atoms with Gasteiger partial charge in [-0.05, 0) is 23.5 Å². The Kier molecular flexibility index (Phi) is 8.41. The van der Waals surface area contributed by atoms with Gasteiger partial charge in [0.25, 0.3) is 0 Å². The molecule has 3 atom stereocenters. The maximum atomic E-state index is 13.6. The Balaban J connectivity index is 1.69. The minimum atomic E-state index is -0.773.